The smallest absolute Gasteiger partial charge is 0.240 e. The Kier molecular flexibility index (Phi) is 11.7. The molecule has 0 bridgehead atoms. The molecular weight excluding hydrogens is 760 g/mol. The summed E-state index contributed by atoms with van der Waals surface area (Å²) in [5, 5.41) is 2.57. The van der Waals surface area contributed by atoms with Crippen molar-refractivity contribution >= 4 is 39.3 Å². The van der Waals surface area contributed by atoms with E-state index >= 15 is 4.79 Å². The Balaban J connectivity index is 1.15. The predicted molar refractivity (Wildman–Crippen MR) is 219 cm³/mol. The van der Waals surface area contributed by atoms with Crippen molar-refractivity contribution in [1.29, 1.82) is 0 Å². The number of piperidine rings is 1. The third-order valence-corrected chi connectivity index (χ3v) is 18.6. The van der Waals surface area contributed by atoms with Crippen molar-refractivity contribution in [3.05, 3.63) is 12.7 Å². The highest BCUT2D eigenvalue weighted by molar-refractivity contribution is 7.90. The summed E-state index contributed by atoms with van der Waals surface area (Å²) >= 11 is 0. The third-order valence-electron chi connectivity index (χ3n) is 16.8. The number of halogens is 1. The van der Waals surface area contributed by atoms with Gasteiger partial charge in [0.05, 0.1) is 28.8 Å². The number of fused-ring (bicyclic) bond motifs is 1. The molecule has 2 aliphatic heterocycles. The number of hydrogen-bond donors (Lipinski definition) is 2. The fourth-order valence-corrected chi connectivity index (χ4v) is 13.9. The fraction of sp³-hybridized carbons (Fsp3) is 0.844. The molecule has 5 aliphatic carbocycles. The van der Waals surface area contributed by atoms with Crippen molar-refractivity contribution in [2.75, 3.05) is 26.3 Å². The molecule has 13 heteroatoms. The second kappa shape index (κ2) is 15.7. The van der Waals surface area contributed by atoms with Crippen LogP contribution in [0, 0.1) is 44.8 Å². The fourth-order valence-electron chi connectivity index (χ4n) is 12.6. The van der Waals surface area contributed by atoms with Gasteiger partial charge in [0.1, 0.15) is 6.67 Å². The molecule has 0 aromatic carbocycles. The van der Waals surface area contributed by atoms with Crippen LogP contribution in [0.2, 0.25) is 0 Å². The van der Waals surface area contributed by atoms with Crippen LogP contribution in [-0.4, -0.2) is 97.2 Å². The number of alkyl halides is 1. The molecule has 3 amide bonds. The minimum Gasteiger partial charge on any atom is -0.345 e. The first-order chi connectivity index (χ1) is 27.3. The summed E-state index contributed by atoms with van der Waals surface area (Å²) in [5.41, 5.74) is -2.28. The lowest BCUT2D eigenvalue weighted by molar-refractivity contribution is -0.147. The lowest BCUT2D eigenvalue weighted by Crippen LogP contribution is -2.56. The summed E-state index contributed by atoms with van der Waals surface area (Å²) in [7, 11) is -3.83. The summed E-state index contributed by atoms with van der Waals surface area (Å²) in [6.45, 7) is 14.9. The van der Waals surface area contributed by atoms with Gasteiger partial charge in [-0.2, -0.15) is 0 Å². The number of sulfonamides is 1. The Morgan fingerprint density at radius 3 is 2.12 bits per heavy atom. The molecule has 324 valence electrons. The van der Waals surface area contributed by atoms with Gasteiger partial charge in [-0.3, -0.25) is 33.6 Å². The van der Waals surface area contributed by atoms with Crippen molar-refractivity contribution in [1.82, 2.24) is 19.8 Å². The number of hydrogen-bond acceptors (Lipinski definition) is 8. The number of rotatable bonds is 16. The number of carbonyl (C=O) groups excluding carboxylic acids is 5. The number of likely N-dealkylation sites (tertiary alicyclic amines) is 2. The molecule has 7 atom stereocenters. The summed E-state index contributed by atoms with van der Waals surface area (Å²) in [5.74, 6) is -2.79. The van der Waals surface area contributed by atoms with Gasteiger partial charge in [-0.15, -0.1) is 6.58 Å². The van der Waals surface area contributed by atoms with Crippen LogP contribution in [0.25, 0.3) is 0 Å². The highest BCUT2D eigenvalue weighted by atomic mass is 32.2. The second-order valence-electron chi connectivity index (χ2n) is 21.1. The topological polar surface area (TPSA) is 150 Å². The molecule has 0 aromatic heterocycles. The van der Waals surface area contributed by atoms with Gasteiger partial charge in [-0.25, -0.2) is 12.8 Å². The minimum atomic E-state index is -3.83. The average Bonchev–Trinajstić information content (AvgIpc) is 4.10. The second-order valence-corrected chi connectivity index (χ2v) is 23.0. The van der Waals surface area contributed by atoms with E-state index in [1.807, 2.05) is 25.7 Å². The molecular formula is C45H69FN4O7S. The molecule has 2 saturated heterocycles. The van der Waals surface area contributed by atoms with Crippen molar-refractivity contribution in [3.8, 4) is 0 Å². The molecule has 2 N–H and O–H groups in total. The maximum atomic E-state index is 15.3. The lowest BCUT2D eigenvalue weighted by atomic mass is 9.73. The molecule has 5 saturated carbocycles. The van der Waals surface area contributed by atoms with E-state index in [1.54, 1.807) is 11.0 Å². The van der Waals surface area contributed by atoms with E-state index in [9.17, 15) is 32.0 Å². The third kappa shape index (κ3) is 7.42. The van der Waals surface area contributed by atoms with E-state index in [2.05, 4.69) is 30.5 Å². The monoisotopic (exact) mass is 828 g/mol. The van der Waals surface area contributed by atoms with E-state index in [0.717, 1.165) is 64.2 Å². The summed E-state index contributed by atoms with van der Waals surface area (Å²) < 4.78 is 41.5. The number of amides is 3. The molecule has 0 radical (unpaired) electrons. The molecule has 0 unspecified atom stereocenters. The van der Waals surface area contributed by atoms with Crippen LogP contribution in [0.1, 0.15) is 144 Å². The van der Waals surface area contributed by atoms with Crippen LogP contribution in [0.5, 0.6) is 0 Å². The normalized spacial score (nSPS) is 32.9. The highest BCUT2D eigenvalue weighted by Crippen LogP contribution is 2.88. The lowest BCUT2D eigenvalue weighted by Gasteiger charge is -2.38. The number of ketones is 2. The number of Topliss-reactive ketones (excluding diaryl/α,β-unsaturated/α-hetero) is 2. The molecule has 11 nitrogen and oxygen atoms in total. The van der Waals surface area contributed by atoms with Crippen LogP contribution < -0.4 is 10.0 Å². The van der Waals surface area contributed by atoms with Gasteiger partial charge in [0.15, 0.2) is 11.6 Å². The summed E-state index contributed by atoms with van der Waals surface area (Å²) in [4.78, 5) is 76.1. The summed E-state index contributed by atoms with van der Waals surface area (Å²) in [6, 6.07) is -2.08. The van der Waals surface area contributed by atoms with Crippen molar-refractivity contribution in [2.45, 2.75) is 167 Å². The summed E-state index contributed by atoms with van der Waals surface area (Å²) in [6.07, 6.45) is 13.2. The maximum absolute atomic E-state index is 15.3. The Bertz CT molecular complexity index is 1780. The first-order valence-electron chi connectivity index (χ1n) is 22.4. The number of allylic oxidation sites excluding steroid dienone is 1. The van der Waals surface area contributed by atoms with Gasteiger partial charge in [-0.1, -0.05) is 72.8 Å². The zero-order chi connectivity index (χ0) is 42.1. The quantitative estimate of drug-likeness (QED) is 0.179. The van der Waals surface area contributed by atoms with Crippen LogP contribution in [0.4, 0.5) is 4.39 Å². The first-order valence-corrected chi connectivity index (χ1v) is 24.0. The van der Waals surface area contributed by atoms with Crippen LogP contribution in [0.3, 0.4) is 0 Å². The molecule has 7 fully saturated rings. The predicted octanol–water partition coefficient (Wildman–Crippen LogP) is 6.05. The number of nitrogens with one attached hydrogen (secondary N) is 2. The largest absolute Gasteiger partial charge is 0.345 e. The van der Waals surface area contributed by atoms with Crippen LogP contribution >= 0.6 is 0 Å². The molecule has 58 heavy (non-hydrogen) atoms. The Hall–Kier alpha value is -2.67. The first kappa shape index (κ1) is 43.4. The van der Waals surface area contributed by atoms with Gasteiger partial charge in [0, 0.05) is 37.3 Å². The van der Waals surface area contributed by atoms with E-state index in [0.29, 0.717) is 45.2 Å². The van der Waals surface area contributed by atoms with Gasteiger partial charge in [-0.05, 0) is 98.8 Å². The van der Waals surface area contributed by atoms with Gasteiger partial charge >= 0.3 is 0 Å². The van der Waals surface area contributed by atoms with Gasteiger partial charge < -0.3 is 10.2 Å². The Morgan fingerprint density at radius 1 is 0.897 bits per heavy atom. The van der Waals surface area contributed by atoms with E-state index in [-0.39, 0.29) is 70.8 Å². The van der Waals surface area contributed by atoms with E-state index in [1.165, 1.54) is 0 Å². The average molecular weight is 829 g/mol. The Morgan fingerprint density at radius 2 is 1.57 bits per heavy atom. The standard InChI is InChI=1S/C45H69FN4O7S/c1-7-30-25-43(30,40(55)48-58(56,57)31-17-18-31)27-36(52)34-26-45(42(5,6)44(45)19-13-20-44)28-50(34)39(54)32(41(2,3)4)24-35(51)37(29-14-9-8-10-15-29)47-38(53)33-16-11-12-22-49(33)23-21-46/h7,29-34,37H,1,8-28H2,2-6H3,(H,47,53)(H,48,55)/t30-,32-,33+,34+,37+,43-,45-/m1/s1. The minimum absolute atomic E-state index is 0.0166. The zero-order valence-corrected chi connectivity index (χ0v) is 36.5. The van der Waals surface area contributed by atoms with Gasteiger partial charge in [0.25, 0.3) is 0 Å². The van der Waals surface area contributed by atoms with Crippen molar-refractivity contribution < 1.29 is 36.8 Å². The zero-order valence-electron chi connectivity index (χ0n) is 35.7. The molecule has 0 aromatic rings. The SMILES string of the molecule is C=C[C@@H]1C[C@]1(CC(=O)[C@@H]1C[C@@]2(CN1C(=O)[C@@H](CC(=O)[C@@H](NC(=O)[C@@H]1CCCCN1CCF)C1CCCCC1)C(C)(C)C)C(C)(C)C21CCC1)C(=O)NS(=O)(=O)C1CC1. The van der Waals surface area contributed by atoms with E-state index in [4.69, 9.17) is 0 Å². The maximum Gasteiger partial charge on any atom is 0.240 e. The molecule has 7 aliphatic rings. The molecule has 7 rings (SSSR count). The molecule has 2 spiro atoms. The van der Waals surface area contributed by atoms with E-state index < -0.39 is 62.7 Å². The van der Waals surface area contributed by atoms with Crippen molar-refractivity contribution in [3.63, 3.8) is 0 Å². The number of carbonyl (C=O) groups is 5. The van der Waals surface area contributed by atoms with Crippen molar-refractivity contribution in [2.24, 2.45) is 44.8 Å². The van der Waals surface area contributed by atoms with Gasteiger partial charge in [0.2, 0.25) is 27.7 Å². The van der Waals surface area contributed by atoms with Crippen LogP contribution in [0.15, 0.2) is 12.7 Å². The molecule has 2 heterocycles. The number of nitrogens with zero attached hydrogens (tertiary/aromatic N) is 2. The highest BCUT2D eigenvalue weighted by Gasteiger charge is 2.85. The Labute approximate surface area is 345 Å². The van der Waals surface area contributed by atoms with Crippen LogP contribution in [-0.2, 0) is 34.0 Å².